The van der Waals surface area contributed by atoms with Crippen molar-refractivity contribution in [3.63, 3.8) is 0 Å². The predicted molar refractivity (Wildman–Crippen MR) is 118 cm³/mol. The van der Waals surface area contributed by atoms with Gasteiger partial charge in [0.25, 0.3) is 0 Å². The standard InChI is InChI=1S/C25H31N3O3/c1-14-22(12-23(29)30)15(2)28(27-14)13-16-3-5-21(6-4-16)26-25(31)24-19-8-17-7-18(10-19)11-20(24)9-17/h3-6,17-20,24H,7-13H2,1-2H3,(H,26,31)(H,29,30)/t17-,18+,19-,20?,24?. The largest absolute Gasteiger partial charge is 0.481 e. The highest BCUT2D eigenvalue weighted by atomic mass is 16.4. The van der Waals surface area contributed by atoms with E-state index in [4.69, 9.17) is 5.11 Å². The molecule has 2 aromatic rings. The highest BCUT2D eigenvalue weighted by molar-refractivity contribution is 5.93. The topological polar surface area (TPSA) is 84.2 Å². The molecule has 0 spiro atoms. The van der Waals surface area contributed by atoms with E-state index in [1.54, 1.807) is 0 Å². The van der Waals surface area contributed by atoms with E-state index in [1.807, 2.05) is 42.8 Å². The highest BCUT2D eigenvalue weighted by Gasteiger charge is 2.50. The van der Waals surface area contributed by atoms with Crippen LogP contribution in [0.15, 0.2) is 24.3 Å². The van der Waals surface area contributed by atoms with E-state index in [1.165, 1.54) is 32.1 Å². The molecule has 6 rings (SSSR count). The van der Waals surface area contributed by atoms with Crippen molar-refractivity contribution >= 4 is 17.6 Å². The summed E-state index contributed by atoms with van der Waals surface area (Å²) in [5.41, 5.74) is 4.35. The van der Waals surface area contributed by atoms with Crippen molar-refractivity contribution < 1.29 is 14.7 Å². The fourth-order valence-corrected chi connectivity index (χ4v) is 6.74. The Morgan fingerprint density at radius 3 is 2.23 bits per heavy atom. The fraction of sp³-hybridized carbons (Fsp3) is 0.560. The van der Waals surface area contributed by atoms with Crippen LogP contribution in [0.1, 0.15) is 54.6 Å². The van der Waals surface area contributed by atoms with E-state index < -0.39 is 5.97 Å². The summed E-state index contributed by atoms with van der Waals surface area (Å²) in [5.74, 6) is 2.47. The van der Waals surface area contributed by atoms with E-state index in [0.29, 0.717) is 18.4 Å². The maximum absolute atomic E-state index is 13.1. The number of carbonyl (C=O) groups excluding carboxylic acids is 1. The Balaban J connectivity index is 1.24. The first-order chi connectivity index (χ1) is 14.9. The van der Waals surface area contributed by atoms with Crippen molar-refractivity contribution in [1.29, 1.82) is 0 Å². The molecule has 31 heavy (non-hydrogen) atoms. The lowest BCUT2D eigenvalue weighted by Crippen LogP contribution is -2.49. The maximum Gasteiger partial charge on any atom is 0.307 e. The Kier molecular flexibility index (Phi) is 5.11. The van der Waals surface area contributed by atoms with E-state index in [2.05, 4.69) is 10.4 Å². The van der Waals surface area contributed by atoms with Gasteiger partial charge in [-0.15, -0.1) is 0 Å². The van der Waals surface area contributed by atoms with Crippen LogP contribution >= 0.6 is 0 Å². The summed E-state index contributed by atoms with van der Waals surface area (Å²) in [4.78, 5) is 24.2. The Morgan fingerprint density at radius 2 is 1.65 bits per heavy atom. The average molecular weight is 422 g/mol. The number of amides is 1. The lowest BCUT2D eigenvalue weighted by atomic mass is 9.51. The number of nitrogens with one attached hydrogen (secondary N) is 1. The van der Waals surface area contributed by atoms with Crippen molar-refractivity contribution in [2.24, 2.45) is 29.6 Å². The van der Waals surface area contributed by atoms with E-state index in [9.17, 15) is 9.59 Å². The van der Waals surface area contributed by atoms with Gasteiger partial charge in [-0.1, -0.05) is 12.1 Å². The van der Waals surface area contributed by atoms with Crippen LogP contribution in [0.4, 0.5) is 5.69 Å². The molecule has 0 aliphatic heterocycles. The molecule has 4 saturated carbocycles. The van der Waals surface area contributed by atoms with Crippen LogP contribution < -0.4 is 5.32 Å². The van der Waals surface area contributed by atoms with E-state index >= 15 is 0 Å². The molecule has 1 aromatic carbocycles. The lowest BCUT2D eigenvalue weighted by molar-refractivity contribution is -0.136. The minimum atomic E-state index is -0.843. The Morgan fingerprint density at radius 1 is 1.03 bits per heavy atom. The second-order valence-electron chi connectivity index (χ2n) is 10.0. The van der Waals surface area contributed by atoms with Gasteiger partial charge in [0.1, 0.15) is 0 Å². The highest BCUT2D eigenvalue weighted by Crippen LogP contribution is 2.56. The van der Waals surface area contributed by atoms with Gasteiger partial charge in [-0.3, -0.25) is 14.3 Å². The van der Waals surface area contributed by atoms with E-state index in [-0.39, 0.29) is 18.2 Å². The summed E-state index contributed by atoms with van der Waals surface area (Å²) in [7, 11) is 0. The van der Waals surface area contributed by atoms with Gasteiger partial charge in [0.05, 0.1) is 18.7 Å². The monoisotopic (exact) mass is 421 g/mol. The van der Waals surface area contributed by atoms with Crippen LogP contribution in [0.2, 0.25) is 0 Å². The summed E-state index contributed by atoms with van der Waals surface area (Å²) in [6.45, 7) is 4.35. The molecule has 4 aliphatic carbocycles. The molecule has 4 aliphatic rings. The zero-order valence-corrected chi connectivity index (χ0v) is 18.3. The van der Waals surface area contributed by atoms with Gasteiger partial charge in [-0.2, -0.15) is 5.10 Å². The van der Waals surface area contributed by atoms with Crippen molar-refractivity contribution in [2.75, 3.05) is 5.32 Å². The molecule has 2 N–H and O–H groups in total. The van der Waals surface area contributed by atoms with Crippen LogP contribution in [0.25, 0.3) is 0 Å². The molecule has 0 saturated heterocycles. The molecule has 1 aromatic heterocycles. The van der Waals surface area contributed by atoms with Crippen molar-refractivity contribution in [1.82, 2.24) is 9.78 Å². The summed E-state index contributed by atoms with van der Waals surface area (Å²) < 4.78 is 1.86. The van der Waals surface area contributed by atoms with Crippen LogP contribution in [0.5, 0.6) is 0 Å². The second-order valence-corrected chi connectivity index (χ2v) is 10.0. The van der Waals surface area contributed by atoms with Gasteiger partial charge in [0.2, 0.25) is 5.91 Å². The third kappa shape index (κ3) is 3.88. The number of carboxylic acid groups (broad SMARTS) is 1. The number of rotatable bonds is 6. The Bertz CT molecular complexity index is 980. The van der Waals surface area contributed by atoms with Crippen molar-refractivity contribution in [3.05, 3.63) is 46.8 Å². The number of benzene rings is 1. The molecule has 0 unspecified atom stereocenters. The Labute approximate surface area is 183 Å². The molecule has 0 atom stereocenters. The molecule has 164 valence electrons. The summed E-state index contributed by atoms with van der Waals surface area (Å²) in [5, 5.41) is 16.8. The van der Waals surface area contributed by atoms with Gasteiger partial charge in [0.15, 0.2) is 0 Å². The molecule has 1 heterocycles. The number of aryl methyl sites for hydroxylation is 1. The smallest absolute Gasteiger partial charge is 0.307 e. The molecular formula is C25H31N3O3. The zero-order chi connectivity index (χ0) is 21.7. The minimum absolute atomic E-state index is 0.00666. The number of hydrogen-bond donors (Lipinski definition) is 2. The van der Waals surface area contributed by atoms with E-state index in [0.717, 1.165) is 40.0 Å². The first-order valence-electron chi connectivity index (χ1n) is 11.5. The molecule has 6 heteroatoms. The first kappa shape index (κ1) is 20.3. The normalized spacial score (nSPS) is 28.6. The fourth-order valence-electron chi connectivity index (χ4n) is 6.74. The third-order valence-electron chi connectivity index (χ3n) is 7.94. The third-order valence-corrected chi connectivity index (χ3v) is 7.94. The maximum atomic E-state index is 13.1. The number of aliphatic carboxylic acids is 1. The number of carbonyl (C=O) groups is 2. The summed E-state index contributed by atoms with van der Waals surface area (Å²) >= 11 is 0. The SMILES string of the molecule is Cc1nn(Cc2ccc(NC(=O)C3C4C[C@H]5C[C@@H](C4)C[C@@H]3C5)cc2)c(C)c1CC(=O)O. The molecular weight excluding hydrogens is 390 g/mol. The van der Waals surface area contributed by atoms with Gasteiger partial charge in [0, 0.05) is 22.9 Å². The number of hydrogen-bond acceptors (Lipinski definition) is 3. The Hall–Kier alpha value is -2.63. The van der Waals surface area contributed by atoms with Crippen LogP contribution in [0, 0.1) is 43.4 Å². The van der Waals surface area contributed by atoms with Crippen LogP contribution in [-0.2, 0) is 22.6 Å². The van der Waals surface area contributed by atoms with Gasteiger partial charge in [-0.25, -0.2) is 0 Å². The molecule has 1 amide bonds. The lowest BCUT2D eigenvalue weighted by Gasteiger charge is -2.53. The minimum Gasteiger partial charge on any atom is -0.481 e. The number of aromatic nitrogens is 2. The quantitative estimate of drug-likeness (QED) is 0.733. The number of anilines is 1. The number of nitrogens with zero attached hydrogens (tertiary/aromatic N) is 2. The van der Waals surface area contributed by atoms with Crippen molar-refractivity contribution in [2.45, 2.75) is 58.9 Å². The van der Waals surface area contributed by atoms with Crippen LogP contribution in [-0.4, -0.2) is 26.8 Å². The average Bonchev–Trinajstić information content (AvgIpc) is 2.95. The van der Waals surface area contributed by atoms with Gasteiger partial charge < -0.3 is 10.4 Å². The molecule has 6 nitrogen and oxygen atoms in total. The zero-order valence-electron chi connectivity index (χ0n) is 18.3. The van der Waals surface area contributed by atoms with Crippen LogP contribution in [0.3, 0.4) is 0 Å². The number of carboxylic acids is 1. The summed E-state index contributed by atoms with van der Waals surface area (Å²) in [6.07, 6.45) is 6.38. The van der Waals surface area contributed by atoms with Gasteiger partial charge >= 0.3 is 5.97 Å². The molecule has 4 fully saturated rings. The van der Waals surface area contributed by atoms with Gasteiger partial charge in [-0.05, 0) is 87.3 Å². The molecule has 0 radical (unpaired) electrons. The molecule has 4 bridgehead atoms. The van der Waals surface area contributed by atoms with Crippen molar-refractivity contribution in [3.8, 4) is 0 Å². The predicted octanol–water partition coefficient (Wildman–Crippen LogP) is 4.19. The first-order valence-corrected chi connectivity index (χ1v) is 11.5. The second kappa shape index (κ2) is 7.81. The summed E-state index contributed by atoms with van der Waals surface area (Å²) in [6, 6.07) is 7.96.